The van der Waals surface area contributed by atoms with E-state index < -0.39 is 5.91 Å². The van der Waals surface area contributed by atoms with Gasteiger partial charge in [0.1, 0.15) is 5.65 Å². The number of hydrogen-bond acceptors (Lipinski definition) is 4. The summed E-state index contributed by atoms with van der Waals surface area (Å²) in [7, 11) is 2.10. The van der Waals surface area contributed by atoms with Gasteiger partial charge in [0.15, 0.2) is 5.78 Å². The number of rotatable bonds is 5. The number of hydrogen-bond donors (Lipinski definition) is 2. The molecule has 3 heterocycles. The van der Waals surface area contributed by atoms with Crippen molar-refractivity contribution in [1.82, 2.24) is 14.9 Å². The number of benzene rings is 1. The van der Waals surface area contributed by atoms with E-state index in [1.165, 1.54) is 6.08 Å². The summed E-state index contributed by atoms with van der Waals surface area (Å²) in [4.78, 5) is 33.6. The van der Waals surface area contributed by atoms with Crippen molar-refractivity contribution in [3.63, 3.8) is 0 Å². The number of fused-ring (bicyclic) bond motifs is 1. The van der Waals surface area contributed by atoms with Gasteiger partial charge < -0.3 is 15.6 Å². The number of primary amides is 1. The highest BCUT2D eigenvalue weighted by Gasteiger charge is 2.24. The monoisotopic (exact) mass is 388 g/mol. The lowest BCUT2D eigenvalue weighted by Crippen LogP contribution is -2.33. The normalized spacial score (nSPS) is 15.9. The smallest absolute Gasteiger partial charge is 0.241 e. The molecular weight excluding hydrogens is 364 g/mol. The molecule has 1 fully saturated rings. The van der Waals surface area contributed by atoms with Crippen molar-refractivity contribution < 1.29 is 9.59 Å². The Bertz CT molecular complexity index is 1070. The van der Waals surface area contributed by atoms with Crippen molar-refractivity contribution in [2.75, 3.05) is 20.1 Å². The molecule has 3 aromatic rings. The second kappa shape index (κ2) is 8.01. The molecule has 1 saturated heterocycles. The maximum Gasteiger partial charge on any atom is 0.241 e. The van der Waals surface area contributed by atoms with E-state index in [0.717, 1.165) is 59.2 Å². The highest BCUT2D eigenvalue weighted by atomic mass is 16.1. The summed E-state index contributed by atoms with van der Waals surface area (Å²) < 4.78 is 0. The second-order valence-electron chi connectivity index (χ2n) is 7.62. The molecule has 6 heteroatoms. The fraction of sp³-hybridized carbons (Fsp3) is 0.261. The predicted octanol–water partition coefficient (Wildman–Crippen LogP) is 3.25. The predicted molar refractivity (Wildman–Crippen MR) is 114 cm³/mol. The molecule has 0 aliphatic carbocycles. The molecule has 0 saturated carbocycles. The average Bonchev–Trinajstić information content (AvgIpc) is 3.14. The fourth-order valence-electron chi connectivity index (χ4n) is 3.82. The molecule has 0 atom stereocenters. The molecule has 6 nitrogen and oxygen atoms in total. The molecule has 3 N–H and O–H groups in total. The Balaban J connectivity index is 1.57. The molecule has 4 rings (SSSR count). The van der Waals surface area contributed by atoms with Crippen LogP contribution in [0.15, 0.2) is 48.8 Å². The molecule has 1 amide bonds. The Morgan fingerprint density at radius 2 is 1.90 bits per heavy atom. The zero-order valence-electron chi connectivity index (χ0n) is 16.4. The van der Waals surface area contributed by atoms with E-state index in [-0.39, 0.29) is 11.7 Å². The van der Waals surface area contributed by atoms with Crippen LogP contribution in [-0.2, 0) is 4.79 Å². The number of Topliss-reactive ketones (excluding diaryl/α,β-unsaturated/α-hetero) is 1. The summed E-state index contributed by atoms with van der Waals surface area (Å²) in [6.07, 6.45) is 8.45. The van der Waals surface area contributed by atoms with Crippen molar-refractivity contribution in [2.24, 2.45) is 11.7 Å². The summed E-state index contributed by atoms with van der Waals surface area (Å²) in [5, 5.41) is 0.909. The minimum absolute atomic E-state index is 0.120. The summed E-state index contributed by atoms with van der Waals surface area (Å²) in [6.45, 7) is 1.95. The Hall–Kier alpha value is -3.25. The van der Waals surface area contributed by atoms with Gasteiger partial charge in [-0.1, -0.05) is 24.3 Å². The van der Waals surface area contributed by atoms with E-state index in [1.54, 1.807) is 18.5 Å². The molecule has 1 aromatic carbocycles. The minimum atomic E-state index is -0.492. The van der Waals surface area contributed by atoms with Crippen molar-refractivity contribution in [3.05, 3.63) is 59.9 Å². The standard InChI is InChI=1S/C23H24N4O2/c1-27-10-8-17(9-11-27)22(29)16-4-2-15(3-5-16)19-12-20-18(6-7-21(24)28)13-25-23(20)26-14-19/h2-7,12-14,17H,8-11H2,1H3,(H2,24,28)(H,25,26). The number of nitrogens with zero attached hydrogens (tertiary/aromatic N) is 2. The Morgan fingerprint density at radius 3 is 2.59 bits per heavy atom. The maximum atomic E-state index is 12.8. The minimum Gasteiger partial charge on any atom is -0.366 e. The first-order valence-electron chi connectivity index (χ1n) is 9.79. The third kappa shape index (κ3) is 4.12. The molecule has 0 bridgehead atoms. The van der Waals surface area contributed by atoms with Gasteiger partial charge in [-0.25, -0.2) is 4.98 Å². The first-order valence-corrected chi connectivity index (χ1v) is 9.79. The van der Waals surface area contributed by atoms with Crippen LogP contribution >= 0.6 is 0 Å². The third-order valence-corrected chi connectivity index (χ3v) is 5.58. The first-order chi connectivity index (χ1) is 14.0. The van der Waals surface area contributed by atoms with Gasteiger partial charge in [-0.3, -0.25) is 9.59 Å². The summed E-state index contributed by atoms with van der Waals surface area (Å²) >= 11 is 0. The number of aromatic amines is 1. The number of carbonyl (C=O) groups is 2. The zero-order valence-corrected chi connectivity index (χ0v) is 16.4. The van der Waals surface area contributed by atoms with Crippen LogP contribution in [-0.4, -0.2) is 46.7 Å². The number of pyridine rings is 1. The summed E-state index contributed by atoms with van der Waals surface area (Å²) in [5.74, 6) is -0.134. The van der Waals surface area contributed by atoms with Crippen LogP contribution < -0.4 is 5.73 Å². The summed E-state index contributed by atoms with van der Waals surface area (Å²) in [5.41, 5.74) is 9.49. The lowest BCUT2D eigenvalue weighted by Gasteiger charge is -2.28. The quantitative estimate of drug-likeness (QED) is 0.518. The third-order valence-electron chi connectivity index (χ3n) is 5.58. The van der Waals surface area contributed by atoms with Gasteiger partial charge in [0.05, 0.1) is 0 Å². The van der Waals surface area contributed by atoms with Gasteiger partial charge in [0, 0.05) is 46.5 Å². The highest BCUT2D eigenvalue weighted by Crippen LogP contribution is 2.27. The number of ketones is 1. The van der Waals surface area contributed by atoms with Crippen LogP contribution in [0.1, 0.15) is 28.8 Å². The van der Waals surface area contributed by atoms with Crippen molar-refractivity contribution >= 4 is 28.8 Å². The number of aromatic nitrogens is 2. The van der Waals surface area contributed by atoms with Crippen LogP contribution in [0.5, 0.6) is 0 Å². The fourth-order valence-corrected chi connectivity index (χ4v) is 3.82. The van der Waals surface area contributed by atoms with E-state index in [0.29, 0.717) is 0 Å². The van der Waals surface area contributed by atoms with E-state index in [9.17, 15) is 9.59 Å². The molecule has 0 spiro atoms. The number of likely N-dealkylation sites (tertiary alicyclic amines) is 1. The van der Waals surface area contributed by atoms with Gasteiger partial charge in [-0.15, -0.1) is 0 Å². The van der Waals surface area contributed by atoms with Crippen LogP contribution in [0.2, 0.25) is 0 Å². The van der Waals surface area contributed by atoms with Gasteiger partial charge in [-0.05, 0) is 50.7 Å². The molecule has 2 aromatic heterocycles. The van der Waals surface area contributed by atoms with Gasteiger partial charge in [-0.2, -0.15) is 0 Å². The topological polar surface area (TPSA) is 92.1 Å². The zero-order chi connectivity index (χ0) is 20.4. The number of H-pyrrole nitrogens is 1. The molecule has 1 aliphatic heterocycles. The SMILES string of the molecule is CN1CCC(C(=O)c2ccc(-c3cnc4[nH]cc(C=CC(N)=O)c4c3)cc2)CC1. The number of nitrogens with two attached hydrogens (primary N) is 1. The van der Waals surface area contributed by atoms with Crippen LogP contribution in [0.25, 0.3) is 28.2 Å². The lowest BCUT2D eigenvalue weighted by atomic mass is 9.88. The summed E-state index contributed by atoms with van der Waals surface area (Å²) in [6, 6.07) is 9.77. The molecule has 148 valence electrons. The largest absolute Gasteiger partial charge is 0.366 e. The Kier molecular flexibility index (Phi) is 5.27. The second-order valence-corrected chi connectivity index (χ2v) is 7.62. The van der Waals surface area contributed by atoms with E-state index in [1.807, 2.05) is 30.3 Å². The van der Waals surface area contributed by atoms with E-state index in [4.69, 9.17) is 5.73 Å². The first kappa shape index (κ1) is 19.1. The number of nitrogens with one attached hydrogen (secondary N) is 1. The van der Waals surface area contributed by atoms with E-state index in [2.05, 4.69) is 21.9 Å². The highest BCUT2D eigenvalue weighted by molar-refractivity contribution is 5.99. The van der Waals surface area contributed by atoms with Crippen LogP contribution in [0.4, 0.5) is 0 Å². The van der Waals surface area contributed by atoms with Gasteiger partial charge in [0.25, 0.3) is 0 Å². The number of piperidine rings is 1. The van der Waals surface area contributed by atoms with Crippen LogP contribution in [0, 0.1) is 5.92 Å². The van der Waals surface area contributed by atoms with Gasteiger partial charge >= 0.3 is 0 Å². The van der Waals surface area contributed by atoms with Crippen molar-refractivity contribution in [1.29, 1.82) is 0 Å². The molecule has 1 aliphatic rings. The molecule has 0 radical (unpaired) electrons. The number of amides is 1. The van der Waals surface area contributed by atoms with Crippen LogP contribution in [0.3, 0.4) is 0 Å². The molecular formula is C23H24N4O2. The van der Waals surface area contributed by atoms with Crippen molar-refractivity contribution in [2.45, 2.75) is 12.8 Å². The Morgan fingerprint density at radius 1 is 1.17 bits per heavy atom. The van der Waals surface area contributed by atoms with Gasteiger partial charge in [0.2, 0.25) is 5.91 Å². The van der Waals surface area contributed by atoms with E-state index >= 15 is 0 Å². The van der Waals surface area contributed by atoms with Crippen molar-refractivity contribution in [3.8, 4) is 11.1 Å². The average molecular weight is 388 g/mol. The molecule has 0 unspecified atom stereocenters. The number of carbonyl (C=O) groups excluding carboxylic acids is 2. The Labute approximate surface area is 169 Å². The molecule has 29 heavy (non-hydrogen) atoms. The lowest BCUT2D eigenvalue weighted by molar-refractivity contribution is -0.113. The maximum absolute atomic E-state index is 12.8.